The summed E-state index contributed by atoms with van der Waals surface area (Å²) in [4.78, 5) is 23.5. The number of esters is 1. The van der Waals surface area contributed by atoms with Crippen LogP contribution in [0, 0.1) is 27.9 Å². The number of likely N-dealkylation sites (tertiary alicyclic amines) is 1. The van der Waals surface area contributed by atoms with Crippen LogP contribution in [0.4, 0.5) is 5.69 Å². The summed E-state index contributed by atoms with van der Waals surface area (Å²) in [6.45, 7) is 3.72. The first kappa shape index (κ1) is 20.8. The van der Waals surface area contributed by atoms with Crippen molar-refractivity contribution in [2.24, 2.45) is 17.8 Å². The molecule has 2 bridgehead atoms. The van der Waals surface area contributed by atoms with Gasteiger partial charge in [0.25, 0.3) is 5.69 Å². The maximum atomic E-state index is 12.5. The van der Waals surface area contributed by atoms with Gasteiger partial charge in [0.05, 0.1) is 36.5 Å². The Labute approximate surface area is 177 Å². The predicted octanol–water partition coefficient (Wildman–Crippen LogP) is 3.86. The average molecular weight is 416 g/mol. The van der Waals surface area contributed by atoms with E-state index in [-0.39, 0.29) is 30.1 Å². The van der Waals surface area contributed by atoms with E-state index in [4.69, 9.17) is 9.47 Å². The minimum absolute atomic E-state index is 0.0435. The van der Waals surface area contributed by atoms with Crippen molar-refractivity contribution in [2.45, 2.75) is 38.7 Å². The Kier molecular flexibility index (Phi) is 6.09. The molecule has 0 spiro atoms. The maximum Gasteiger partial charge on any atom is 0.309 e. The van der Waals surface area contributed by atoms with Crippen molar-refractivity contribution in [1.82, 2.24) is 0 Å². The lowest BCUT2D eigenvalue weighted by Gasteiger charge is -2.37. The Morgan fingerprint density at radius 3 is 2.67 bits per heavy atom. The highest BCUT2D eigenvalue weighted by atomic mass is 16.6. The monoisotopic (exact) mass is 415 g/mol. The van der Waals surface area contributed by atoms with Crippen LogP contribution in [0.2, 0.25) is 0 Å². The number of carbonyl (C=O) groups is 1. The number of ether oxygens (including phenoxy) is 2. The third-order valence-corrected chi connectivity index (χ3v) is 6.99. The normalized spacial score (nSPS) is 26.5. The number of likely N-dealkylation sites (N-methyl/N-ethyl adjacent to an activating group) is 1. The van der Waals surface area contributed by atoms with E-state index in [9.17, 15) is 14.9 Å². The van der Waals surface area contributed by atoms with Crippen LogP contribution >= 0.6 is 0 Å². The van der Waals surface area contributed by atoms with Crippen molar-refractivity contribution in [3.8, 4) is 5.75 Å². The van der Waals surface area contributed by atoms with Crippen molar-refractivity contribution in [3.05, 3.63) is 46.0 Å². The van der Waals surface area contributed by atoms with Gasteiger partial charge in [0.1, 0.15) is 25.5 Å². The van der Waals surface area contributed by atoms with Crippen molar-refractivity contribution >= 4 is 11.7 Å². The van der Waals surface area contributed by atoms with E-state index in [2.05, 4.69) is 19.2 Å². The highest BCUT2D eigenvalue weighted by Crippen LogP contribution is 2.44. The van der Waals surface area contributed by atoms with Crippen LogP contribution in [0.3, 0.4) is 0 Å². The van der Waals surface area contributed by atoms with E-state index in [1.54, 1.807) is 12.1 Å². The summed E-state index contributed by atoms with van der Waals surface area (Å²) in [7, 11) is 2.26. The van der Waals surface area contributed by atoms with Crippen LogP contribution in [-0.2, 0) is 16.1 Å². The zero-order chi connectivity index (χ0) is 21.1. The van der Waals surface area contributed by atoms with E-state index in [1.807, 2.05) is 0 Å². The van der Waals surface area contributed by atoms with Gasteiger partial charge in [-0.25, -0.2) is 0 Å². The zero-order valence-corrected chi connectivity index (χ0v) is 17.6. The standard InChI is InChI=1S/C23H31N2O5/c1-25(9-3-2-4-10-25)11-12-29-20-7-8-22(24(27)28)19(15-20)16-30-23(26)21-14-17-5-6-18(21)13-17/h5-8,15,17-18,21H,2-4,9-14,16H2,1H3/q+1. The van der Waals surface area contributed by atoms with Crippen molar-refractivity contribution in [1.29, 1.82) is 0 Å². The van der Waals surface area contributed by atoms with Crippen LogP contribution in [0.1, 0.15) is 37.7 Å². The lowest BCUT2D eigenvalue weighted by atomic mass is 9.94. The Morgan fingerprint density at radius 2 is 2.00 bits per heavy atom. The molecule has 1 saturated carbocycles. The number of nitrogens with zero attached hydrogens (tertiary/aromatic N) is 2. The van der Waals surface area contributed by atoms with E-state index in [0.29, 0.717) is 23.8 Å². The molecule has 0 N–H and O–H groups in total. The molecule has 0 amide bonds. The lowest BCUT2D eigenvalue weighted by molar-refractivity contribution is -0.914. The van der Waals surface area contributed by atoms with Crippen LogP contribution < -0.4 is 4.74 Å². The molecule has 2 aliphatic carbocycles. The summed E-state index contributed by atoms with van der Waals surface area (Å²) in [6.07, 6.45) is 9.92. The second kappa shape index (κ2) is 8.76. The fourth-order valence-electron chi connectivity index (χ4n) is 5.14. The Bertz CT molecular complexity index is 831. The zero-order valence-electron chi connectivity index (χ0n) is 17.6. The predicted molar refractivity (Wildman–Crippen MR) is 112 cm³/mol. The SMILES string of the molecule is C[N+]1(CCOc2ccc([N+](=O)[O-])c(COC(=O)C3CC4C=CC3C4)c2)CCCCC1. The molecule has 0 aromatic heterocycles. The summed E-state index contributed by atoms with van der Waals surface area (Å²) in [5, 5.41) is 11.4. The number of nitro groups is 1. The Balaban J connectivity index is 1.35. The van der Waals surface area contributed by atoms with Gasteiger partial charge in [0.2, 0.25) is 0 Å². The van der Waals surface area contributed by atoms with Gasteiger partial charge in [-0.1, -0.05) is 12.2 Å². The van der Waals surface area contributed by atoms with Crippen LogP contribution in [-0.4, -0.2) is 48.7 Å². The number of rotatable bonds is 8. The molecule has 4 rings (SSSR count). The van der Waals surface area contributed by atoms with Gasteiger partial charge in [-0.3, -0.25) is 14.9 Å². The maximum absolute atomic E-state index is 12.5. The minimum Gasteiger partial charge on any atom is -0.488 e. The van der Waals surface area contributed by atoms with E-state index >= 15 is 0 Å². The third kappa shape index (κ3) is 4.67. The first-order valence-electron chi connectivity index (χ1n) is 11.0. The third-order valence-electron chi connectivity index (χ3n) is 6.99. The molecule has 3 atom stereocenters. The molecule has 3 aliphatic rings. The minimum atomic E-state index is -0.437. The fourth-order valence-corrected chi connectivity index (χ4v) is 5.14. The Hall–Kier alpha value is -2.41. The van der Waals surface area contributed by atoms with Crippen molar-refractivity contribution in [3.63, 3.8) is 0 Å². The second-order valence-corrected chi connectivity index (χ2v) is 9.24. The molecule has 1 heterocycles. The average Bonchev–Trinajstić information content (AvgIpc) is 3.36. The number of quaternary nitrogens is 1. The number of piperidine rings is 1. The molecule has 1 saturated heterocycles. The van der Waals surface area contributed by atoms with E-state index in [0.717, 1.165) is 23.9 Å². The molecule has 30 heavy (non-hydrogen) atoms. The number of hydrogen-bond acceptors (Lipinski definition) is 5. The topological polar surface area (TPSA) is 78.7 Å². The molecule has 7 heteroatoms. The van der Waals surface area contributed by atoms with Crippen LogP contribution in [0.15, 0.2) is 30.4 Å². The van der Waals surface area contributed by atoms with Crippen molar-refractivity contribution in [2.75, 3.05) is 33.3 Å². The second-order valence-electron chi connectivity index (χ2n) is 9.24. The largest absolute Gasteiger partial charge is 0.488 e. The van der Waals surface area contributed by atoms with Gasteiger partial charge in [-0.2, -0.15) is 0 Å². The molecular weight excluding hydrogens is 384 g/mol. The molecule has 162 valence electrons. The van der Waals surface area contributed by atoms with Gasteiger partial charge in [-0.15, -0.1) is 0 Å². The van der Waals surface area contributed by atoms with Gasteiger partial charge in [0, 0.05) is 6.07 Å². The number of hydrogen-bond donors (Lipinski definition) is 0. The molecule has 7 nitrogen and oxygen atoms in total. The molecule has 1 aromatic carbocycles. The summed E-state index contributed by atoms with van der Waals surface area (Å²) in [6, 6.07) is 4.71. The number of fused-ring (bicyclic) bond motifs is 2. The molecule has 3 unspecified atom stereocenters. The smallest absolute Gasteiger partial charge is 0.309 e. The van der Waals surface area contributed by atoms with E-state index < -0.39 is 4.92 Å². The summed E-state index contributed by atoms with van der Waals surface area (Å²) >= 11 is 0. The van der Waals surface area contributed by atoms with Crippen LogP contribution in [0.5, 0.6) is 5.75 Å². The summed E-state index contributed by atoms with van der Waals surface area (Å²) in [5.74, 6) is 0.940. The van der Waals surface area contributed by atoms with Crippen LogP contribution in [0.25, 0.3) is 0 Å². The quantitative estimate of drug-likeness (QED) is 0.212. The Morgan fingerprint density at radius 1 is 1.20 bits per heavy atom. The van der Waals surface area contributed by atoms with Crippen molar-refractivity contribution < 1.29 is 23.7 Å². The number of carbonyl (C=O) groups excluding carboxylic acids is 1. The highest BCUT2D eigenvalue weighted by molar-refractivity contribution is 5.74. The van der Waals surface area contributed by atoms with Gasteiger partial charge < -0.3 is 14.0 Å². The first-order chi connectivity index (χ1) is 14.4. The van der Waals surface area contributed by atoms with Gasteiger partial charge >= 0.3 is 5.97 Å². The van der Waals surface area contributed by atoms with Gasteiger partial charge in [-0.05, 0) is 56.1 Å². The number of nitro benzene ring substituents is 1. The lowest BCUT2D eigenvalue weighted by Crippen LogP contribution is -2.50. The number of allylic oxidation sites excluding steroid dienone is 2. The van der Waals surface area contributed by atoms with Gasteiger partial charge in [0.15, 0.2) is 0 Å². The molecule has 2 fully saturated rings. The van der Waals surface area contributed by atoms with E-state index in [1.165, 1.54) is 38.4 Å². The summed E-state index contributed by atoms with van der Waals surface area (Å²) in [5.41, 5.74) is 0.334. The first-order valence-corrected chi connectivity index (χ1v) is 11.0. The fraction of sp³-hybridized carbons (Fsp3) is 0.609. The molecule has 1 aromatic rings. The molecule has 1 aliphatic heterocycles. The summed E-state index contributed by atoms with van der Waals surface area (Å²) < 4.78 is 12.4. The number of benzene rings is 1. The molecular formula is C23H31N2O5+. The highest BCUT2D eigenvalue weighted by Gasteiger charge is 2.40. The molecule has 0 radical (unpaired) electrons.